The zero-order valence-electron chi connectivity index (χ0n) is 16.3. The van der Waals surface area contributed by atoms with E-state index < -0.39 is 0 Å². The molecule has 0 amide bonds. The Kier molecular flexibility index (Phi) is 9.40. The van der Waals surface area contributed by atoms with Crippen LogP contribution in [0.4, 0.5) is 0 Å². The molecule has 0 N–H and O–H groups in total. The Balaban J connectivity index is 1.84. The van der Waals surface area contributed by atoms with Crippen molar-refractivity contribution in [3.63, 3.8) is 0 Å². The zero-order valence-corrected chi connectivity index (χ0v) is 16.3. The summed E-state index contributed by atoms with van der Waals surface area (Å²) in [4.78, 5) is 4.96. The fraction of sp³-hybridized carbons (Fsp3) is 0.609. The molecule has 25 heavy (non-hydrogen) atoms. The van der Waals surface area contributed by atoms with Crippen LogP contribution in [0.1, 0.15) is 82.3 Å². The maximum absolute atomic E-state index is 4.96. The summed E-state index contributed by atoms with van der Waals surface area (Å²) in [5.41, 5.74) is 2.72. The predicted octanol–water partition coefficient (Wildman–Crippen LogP) is 6.37. The van der Waals surface area contributed by atoms with Gasteiger partial charge in [0.25, 0.3) is 0 Å². The van der Waals surface area contributed by atoms with Crippen LogP contribution in [0.15, 0.2) is 36.5 Å². The fourth-order valence-corrected chi connectivity index (χ4v) is 3.37. The second kappa shape index (κ2) is 11.9. The van der Waals surface area contributed by atoms with E-state index in [4.69, 9.17) is 4.98 Å². The molecule has 0 aliphatic heterocycles. The third kappa shape index (κ3) is 7.46. The lowest BCUT2D eigenvalue weighted by atomic mass is 10.1. The maximum atomic E-state index is 4.96. The van der Waals surface area contributed by atoms with Gasteiger partial charge in [-0.15, -0.1) is 0 Å². The Morgan fingerprint density at radius 1 is 0.760 bits per heavy atom. The summed E-state index contributed by atoms with van der Waals surface area (Å²) in [5, 5.41) is 0. The molecule has 0 saturated carbocycles. The minimum atomic E-state index is 1.09. The summed E-state index contributed by atoms with van der Waals surface area (Å²) in [7, 11) is 0. The average Bonchev–Trinajstić information content (AvgIpc) is 3.02. The van der Waals surface area contributed by atoms with Crippen molar-refractivity contribution >= 4 is 0 Å². The molecule has 2 aromatic rings. The molecule has 0 aliphatic carbocycles. The molecule has 0 bridgehead atoms. The third-order valence-electron chi connectivity index (χ3n) is 4.91. The summed E-state index contributed by atoms with van der Waals surface area (Å²) >= 11 is 0. The lowest BCUT2D eigenvalue weighted by Crippen LogP contribution is -2.03. The molecule has 1 aromatic heterocycles. The van der Waals surface area contributed by atoms with Crippen LogP contribution >= 0.6 is 0 Å². The molecule has 0 saturated heterocycles. The Morgan fingerprint density at radius 3 is 2.28 bits per heavy atom. The second-order valence-corrected chi connectivity index (χ2v) is 7.20. The van der Waals surface area contributed by atoms with Gasteiger partial charge in [-0.25, -0.2) is 4.98 Å². The highest BCUT2D eigenvalue weighted by atomic mass is 15.1. The maximum Gasteiger partial charge on any atom is 0.108 e. The van der Waals surface area contributed by atoms with Crippen LogP contribution in [0.2, 0.25) is 0 Å². The average molecular weight is 341 g/mol. The Hall–Kier alpha value is -1.57. The molecule has 0 aliphatic rings. The highest BCUT2D eigenvalue weighted by Crippen LogP contribution is 2.13. The summed E-state index contributed by atoms with van der Waals surface area (Å²) in [6, 6.07) is 10.8. The standard InChI is InChI=1S/C23H36N2/c1-3-5-7-8-12-19-25-20-22(24-23(25)18-6-4-2)17-13-16-21-14-10-9-11-15-21/h9-11,14-15,20H,3-8,12-13,16-19H2,1-2H3. The molecule has 1 heterocycles. The van der Waals surface area contributed by atoms with Crippen LogP contribution in [-0.2, 0) is 25.8 Å². The van der Waals surface area contributed by atoms with E-state index in [9.17, 15) is 0 Å². The molecule has 0 spiro atoms. The lowest BCUT2D eigenvalue weighted by molar-refractivity contribution is 0.549. The minimum Gasteiger partial charge on any atom is -0.335 e. The van der Waals surface area contributed by atoms with Crippen LogP contribution < -0.4 is 0 Å². The quantitative estimate of drug-likeness (QED) is 0.387. The molecule has 2 rings (SSSR count). The van der Waals surface area contributed by atoms with Crippen LogP contribution in [0.5, 0.6) is 0 Å². The Labute approximate surface area is 154 Å². The first kappa shape index (κ1) is 19.8. The molecule has 1 aromatic carbocycles. The fourth-order valence-electron chi connectivity index (χ4n) is 3.37. The molecule has 2 heteroatoms. The summed E-state index contributed by atoms with van der Waals surface area (Å²) in [6.07, 6.45) is 16.1. The molecule has 0 atom stereocenters. The van der Waals surface area contributed by atoms with Crippen molar-refractivity contribution in [1.29, 1.82) is 0 Å². The van der Waals surface area contributed by atoms with Crippen LogP contribution in [0.25, 0.3) is 0 Å². The van der Waals surface area contributed by atoms with E-state index in [-0.39, 0.29) is 0 Å². The van der Waals surface area contributed by atoms with Crippen LogP contribution in [-0.4, -0.2) is 9.55 Å². The van der Waals surface area contributed by atoms with E-state index in [1.165, 1.54) is 68.4 Å². The van der Waals surface area contributed by atoms with Crippen molar-refractivity contribution in [2.45, 2.75) is 91.0 Å². The van der Waals surface area contributed by atoms with Gasteiger partial charge in [-0.2, -0.15) is 0 Å². The number of nitrogens with zero attached hydrogens (tertiary/aromatic N) is 2. The predicted molar refractivity (Wildman–Crippen MR) is 108 cm³/mol. The number of rotatable bonds is 13. The largest absolute Gasteiger partial charge is 0.335 e. The topological polar surface area (TPSA) is 17.8 Å². The molecular weight excluding hydrogens is 304 g/mol. The number of hydrogen-bond acceptors (Lipinski definition) is 1. The first-order chi connectivity index (χ1) is 12.3. The van der Waals surface area contributed by atoms with Gasteiger partial charge in [0.2, 0.25) is 0 Å². The van der Waals surface area contributed by atoms with Gasteiger partial charge in [0.1, 0.15) is 5.82 Å². The van der Waals surface area contributed by atoms with Crippen molar-refractivity contribution in [3.8, 4) is 0 Å². The first-order valence-electron chi connectivity index (χ1n) is 10.4. The zero-order chi connectivity index (χ0) is 17.7. The van der Waals surface area contributed by atoms with Crippen molar-refractivity contribution < 1.29 is 0 Å². The second-order valence-electron chi connectivity index (χ2n) is 7.20. The summed E-state index contributed by atoms with van der Waals surface area (Å²) in [6.45, 7) is 5.69. The van der Waals surface area contributed by atoms with E-state index >= 15 is 0 Å². The molecule has 0 unspecified atom stereocenters. The van der Waals surface area contributed by atoms with Gasteiger partial charge in [-0.1, -0.05) is 76.3 Å². The highest BCUT2D eigenvalue weighted by Gasteiger charge is 2.08. The van der Waals surface area contributed by atoms with Gasteiger partial charge in [0.15, 0.2) is 0 Å². The highest BCUT2D eigenvalue weighted by molar-refractivity contribution is 5.15. The normalized spacial score (nSPS) is 11.1. The van der Waals surface area contributed by atoms with Crippen molar-refractivity contribution in [2.24, 2.45) is 0 Å². The molecular formula is C23H36N2. The third-order valence-corrected chi connectivity index (χ3v) is 4.91. The van der Waals surface area contributed by atoms with E-state index in [0.29, 0.717) is 0 Å². The van der Waals surface area contributed by atoms with Gasteiger partial charge >= 0.3 is 0 Å². The van der Waals surface area contributed by atoms with Crippen molar-refractivity contribution in [2.75, 3.05) is 0 Å². The molecule has 2 nitrogen and oxygen atoms in total. The van der Waals surface area contributed by atoms with Gasteiger partial charge < -0.3 is 4.57 Å². The Bertz CT molecular complexity index is 571. The van der Waals surface area contributed by atoms with E-state index in [2.05, 4.69) is 54.9 Å². The minimum absolute atomic E-state index is 1.09. The summed E-state index contributed by atoms with van der Waals surface area (Å²) in [5.74, 6) is 1.31. The summed E-state index contributed by atoms with van der Waals surface area (Å²) < 4.78 is 2.44. The number of aryl methyl sites for hydroxylation is 4. The van der Waals surface area contributed by atoms with Gasteiger partial charge in [-0.05, 0) is 37.7 Å². The number of unbranched alkanes of at least 4 members (excludes halogenated alkanes) is 5. The van der Waals surface area contributed by atoms with Gasteiger partial charge in [-0.3, -0.25) is 0 Å². The van der Waals surface area contributed by atoms with Gasteiger partial charge in [0.05, 0.1) is 5.69 Å². The number of hydrogen-bond donors (Lipinski definition) is 0. The lowest BCUT2D eigenvalue weighted by Gasteiger charge is -2.07. The van der Waals surface area contributed by atoms with Crippen molar-refractivity contribution in [3.05, 3.63) is 53.6 Å². The number of aromatic nitrogens is 2. The monoisotopic (exact) mass is 340 g/mol. The first-order valence-corrected chi connectivity index (χ1v) is 10.4. The number of imidazole rings is 1. The van der Waals surface area contributed by atoms with E-state index in [0.717, 1.165) is 25.8 Å². The SMILES string of the molecule is CCCCCCCn1cc(CCCc2ccccc2)nc1CCCC. The van der Waals surface area contributed by atoms with Gasteiger partial charge in [0, 0.05) is 19.2 Å². The molecule has 138 valence electrons. The number of benzene rings is 1. The molecule has 0 radical (unpaired) electrons. The van der Waals surface area contributed by atoms with E-state index in [1.54, 1.807) is 0 Å². The smallest absolute Gasteiger partial charge is 0.108 e. The van der Waals surface area contributed by atoms with Crippen molar-refractivity contribution in [1.82, 2.24) is 9.55 Å². The van der Waals surface area contributed by atoms with E-state index in [1.807, 2.05) is 0 Å². The van der Waals surface area contributed by atoms with Crippen LogP contribution in [0.3, 0.4) is 0 Å². The Morgan fingerprint density at radius 2 is 1.52 bits per heavy atom. The molecule has 0 fully saturated rings. The van der Waals surface area contributed by atoms with Crippen LogP contribution in [0, 0.1) is 0 Å².